The van der Waals surface area contributed by atoms with Gasteiger partial charge in [-0.3, -0.25) is 14.9 Å². The first kappa shape index (κ1) is 12.3. The maximum Gasteiger partial charge on any atom is 0.252 e. The molecule has 0 saturated heterocycles. The Kier molecular flexibility index (Phi) is 3.12. The third-order valence-electron chi connectivity index (χ3n) is 3.08. The van der Waals surface area contributed by atoms with Crippen LogP contribution in [0.15, 0.2) is 42.9 Å². The highest BCUT2D eigenvalue weighted by atomic mass is 16.1. The topological polar surface area (TPSA) is 83.6 Å². The molecule has 2 N–H and O–H groups in total. The number of pyridine rings is 1. The molecular weight excluding hydrogens is 254 g/mol. The van der Waals surface area contributed by atoms with Crippen molar-refractivity contribution in [3.63, 3.8) is 0 Å². The Bertz CT molecular complexity index is 733. The lowest BCUT2D eigenvalue weighted by molar-refractivity contribution is 0.0940. The van der Waals surface area contributed by atoms with E-state index in [2.05, 4.69) is 25.5 Å². The normalized spacial score (nSPS) is 12.2. The number of amides is 1. The highest BCUT2D eigenvalue weighted by molar-refractivity contribution is 6.06. The van der Waals surface area contributed by atoms with Crippen molar-refractivity contribution in [2.75, 3.05) is 0 Å². The Balaban J connectivity index is 1.89. The van der Waals surface area contributed by atoms with Crippen molar-refractivity contribution in [1.29, 1.82) is 0 Å². The standard InChI is InChI=1S/C14H13N5O/c1-9(13-16-8-17-19-13)18-14(20)11-4-2-6-12-10(11)5-3-7-15-12/h2-9H,1H3,(H,18,20)(H,16,17,19). The van der Waals surface area contributed by atoms with Gasteiger partial charge in [0, 0.05) is 17.1 Å². The second-order valence-corrected chi connectivity index (χ2v) is 4.44. The third-order valence-corrected chi connectivity index (χ3v) is 3.08. The lowest BCUT2D eigenvalue weighted by atomic mass is 10.1. The number of rotatable bonds is 3. The number of nitrogens with zero attached hydrogens (tertiary/aromatic N) is 3. The molecule has 0 bridgehead atoms. The monoisotopic (exact) mass is 267 g/mol. The number of nitrogens with one attached hydrogen (secondary N) is 2. The van der Waals surface area contributed by atoms with Gasteiger partial charge in [-0.2, -0.15) is 5.10 Å². The first-order chi connectivity index (χ1) is 9.75. The summed E-state index contributed by atoms with van der Waals surface area (Å²) in [6, 6.07) is 8.95. The molecule has 1 atom stereocenters. The predicted molar refractivity (Wildman–Crippen MR) is 74.0 cm³/mol. The van der Waals surface area contributed by atoms with Crippen molar-refractivity contribution in [2.45, 2.75) is 13.0 Å². The van der Waals surface area contributed by atoms with Crippen molar-refractivity contribution < 1.29 is 4.79 Å². The number of aromatic nitrogens is 4. The maximum atomic E-state index is 12.4. The fraction of sp³-hybridized carbons (Fsp3) is 0.143. The van der Waals surface area contributed by atoms with Crippen LogP contribution in [0, 0.1) is 0 Å². The van der Waals surface area contributed by atoms with E-state index in [0.29, 0.717) is 11.4 Å². The number of aromatic amines is 1. The molecule has 0 aliphatic carbocycles. The molecule has 0 aliphatic heterocycles. The largest absolute Gasteiger partial charge is 0.342 e. The van der Waals surface area contributed by atoms with Crippen LogP contribution >= 0.6 is 0 Å². The van der Waals surface area contributed by atoms with E-state index in [1.165, 1.54) is 6.33 Å². The van der Waals surface area contributed by atoms with Crippen molar-refractivity contribution in [2.24, 2.45) is 0 Å². The van der Waals surface area contributed by atoms with Crippen LogP contribution in [0.5, 0.6) is 0 Å². The molecule has 0 aliphatic rings. The summed E-state index contributed by atoms with van der Waals surface area (Å²) in [6.45, 7) is 1.85. The number of fused-ring (bicyclic) bond motifs is 1. The van der Waals surface area contributed by atoms with E-state index in [1.54, 1.807) is 12.3 Å². The molecule has 6 nitrogen and oxygen atoms in total. The van der Waals surface area contributed by atoms with Gasteiger partial charge in [-0.05, 0) is 25.1 Å². The van der Waals surface area contributed by atoms with Gasteiger partial charge in [-0.1, -0.05) is 12.1 Å². The Hall–Kier alpha value is -2.76. The molecule has 2 aromatic heterocycles. The lowest BCUT2D eigenvalue weighted by Gasteiger charge is -2.12. The maximum absolute atomic E-state index is 12.4. The van der Waals surface area contributed by atoms with Gasteiger partial charge in [-0.15, -0.1) is 0 Å². The number of carbonyl (C=O) groups excluding carboxylic acids is 1. The average Bonchev–Trinajstić information content (AvgIpc) is 3.01. The second-order valence-electron chi connectivity index (χ2n) is 4.44. The van der Waals surface area contributed by atoms with E-state index in [0.717, 1.165) is 10.9 Å². The van der Waals surface area contributed by atoms with Crippen LogP contribution in [0.4, 0.5) is 0 Å². The Morgan fingerprint density at radius 2 is 2.15 bits per heavy atom. The SMILES string of the molecule is CC(NC(=O)c1cccc2ncccc12)c1ncn[nH]1. The number of carbonyl (C=O) groups is 1. The predicted octanol–water partition coefficient (Wildman–Crippen LogP) is 1.84. The summed E-state index contributed by atoms with van der Waals surface area (Å²) in [5, 5.41) is 10.2. The first-order valence-corrected chi connectivity index (χ1v) is 6.25. The molecule has 20 heavy (non-hydrogen) atoms. The minimum Gasteiger partial charge on any atom is -0.342 e. The fourth-order valence-electron chi connectivity index (χ4n) is 2.07. The minimum atomic E-state index is -0.239. The van der Waals surface area contributed by atoms with E-state index < -0.39 is 0 Å². The second kappa shape index (κ2) is 5.08. The Morgan fingerprint density at radius 3 is 2.95 bits per heavy atom. The van der Waals surface area contributed by atoms with Crippen LogP contribution in [0.1, 0.15) is 29.1 Å². The van der Waals surface area contributed by atoms with E-state index in [1.807, 2.05) is 31.2 Å². The highest BCUT2D eigenvalue weighted by Gasteiger charge is 2.15. The average molecular weight is 267 g/mol. The summed E-state index contributed by atoms with van der Waals surface area (Å²) in [7, 11) is 0. The zero-order valence-electron chi connectivity index (χ0n) is 10.9. The van der Waals surface area contributed by atoms with E-state index in [4.69, 9.17) is 0 Å². The van der Waals surface area contributed by atoms with Crippen molar-refractivity contribution >= 4 is 16.8 Å². The molecule has 0 spiro atoms. The zero-order chi connectivity index (χ0) is 13.9. The van der Waals surface area contributed by atoms with Crippen LogP contribution in [-0.2, 0) is 0 Å². The van der Waals surface area contributed by atoms with Gasteiger partial charge < -0.3 is 5.32 Å². The summed E-state index contributed by atoms with van der Waals surface area (Å²) in [5.74, 6) is 0.462. The minimum absolute atomic E-state index is 0.160. The van der Waals surface area contributed by atoms with E-state index in [-0.39, 0.29) is 11.9 Å². The van der Waals surface area contributed by atoms with Gasteiger partial charge in [-0.25, -0.2) is 4.98 Å². The number of benzene rings is 1. The summed E-state index contributed by atoms with van der Waals surface area (Å²) >= 11 is 0. The summed E-state index contributed by atoms with van der Waals surface area (Å²) < 4.78 is 0. The van der Waals surface area contributed by atoms with Crippen LogP contribution < -0.4 is 5.32 Å². The molecule has 0 fully saturated rings. The highest BCUT2D eigenvalue weighted by Crippen LogP contribution is 2.17. The number of hydrogen-bond donors (Lipinski definition) is 2. The van der Waals surface area contributed by atoms with Gasteiger partial charge >= 0.3 is 0 Å². The molecular formula is C14H13N5O. The van der Waals surface area contributed by atoms with Crippen molar-refractivity contribution in [3.8, 4) is 0 Å². The molecule has 3 aromatic rings. The number of hydrogen-bond acceptors (Lipinski definition) is 4. The summed E-state index contributed by atoms with van der Waals surface area (Å²) in [5.41, 5.74) is 1.40. The van der Waals surface area contributed by atoms with Gasteiger partial charge in [0.1, 0.15) is 12.2 Å². The summed E-state index contributed by atoms with van der Waals surface area (Å²) in [6.07, 6.45) is 3.13. The van der Waals surface area contributed by atoms with E-state index >= 15 is 0 Å². The fourth-order valence-corrected chi connectivity index (χ4v) is 2.07. The van der Waals surface area contributed by atoms with Gasteiger partial charge in [0.25, 0.3) is 5.91 Å². The zero-order valence-corrected chi connectivity index (χ0v) is 10.9. The van der Waals surface area contributed by atoms with Crippen molar-refractivity contribution in [3.05, 3.63) is 54.2 Å². The quantitative estimate of drug-likeness (QED) is 0.758. The van der Waals surface area contributed by atoms with E-state index in [9.17, 15) is 4.79 Å². The van der Waals surface area contributed by atoms with Gasteiger partial charge in [0.15, 0.2) is 0 Å². The van der Waals surface area contributed by atoms with Crippen LogP contribution in [0.3, 0.4) is 0 Å². The molecule has 1 unspecified atom stereocenters. The first-order valence-electron chi connectivity index (χ1n) is 6.25. The van der Waals surface area contributed by atoms with Crippen LogP contribution in [0.2, 0.25) is 0 Å². The molecule has 0 saturated carbocycles. The Morgan fingerprint density at radius 1 is 1.25 bits per heavy atom. The smallest absolute Gasteiger partial charge is 0.252 e. The lowest BCUT2D eigenvalue weighted by Crippen LogP contribution is -2.27. The molecule has 1 aromatic carbocycles. The van der Waals surface area contributed by atoms with Crippen molar-refractivity contribution in [1.82, 2.24) is 25.5 Å². The molecule has 2 heterocycles. The summed E-state index contributed by atoms with van der Waals surface area (Å²) in [4.78, 5) is 20.6. The number of H-pyrrole nitrogens is 1. The van der Waals surface area contributed by atoms with Gasteiger partial charge in [0.05, 0.1) is 11.6 Å². The molecule has 100 valence electrons. The molecule has 1 amide bonds. The third kappa shape index (κ3) is 2.23. The molecule has 3 rings (SSSR count). The molecule has 0 radical (unpaired) electrons. The van der Waals surface area contributed by atoms with Gasteiger partial charge in [0.2, 0.25) is 0 Å². The molecule has 6 heteroatoms. The Labute approximate surface area is 115 Å². The van der Waals surface area contributed by atoms with Crippen LogP contribution in [-0.4, -0.2) is 26.1 Å². The van der Waals surface area contributed by atoms with Crippen LogP contribution in [0.25, 0.3) is 10.9 Å².